The summed E-state index contributed by atoms with van der Waals surface area (Å²) in [5.74, 6) is -8.36. The zero-order valence-corrected chi connectivity index (χ0v) is 46.0. The third-order valence-corrected chi connectivity index (χ3v) is 14.7. The van der Waals surface area contributed by atoms with Crippen LogP contribution < -0.4 is 42.8 Å². The fraction of sp³-hybridized carbons (Fsp3) is 0.136. The minimum Gasteiger partial charge on any atom is -0.423 e. The van der Waals surface area contributed by atoms with Gasteiger partial charge >= 0.3 is 35.6 Å². The molecule has 0 heterocycles. The van der Waals surface area contributed by atoms with Gasteiger partial charge in [0.25, 0.3) is 5.91 Å². The van der Waals surface area contributed by atoms with Crippen molar-refractivity contribution in [2.75, 3.05) is 32.9 Å². The summed E-state index contributed by atoms with van der Waals surface area (Å²) in [6, 6.07) is 28.1. The van der Waals surface area contributed by atoms with Crippen LogP contribution in [-0.4, -0.2) is 172 Å². The normalized spacial score (nSPS) is 10.8. The standard InChI is InChI=1S/C8H3BF4O.C8H10BNO3.C7H10BNO4S.3C7H9BO4S/c1-2(14)3-5(10)7(12)4(9)8(13)6(3)11;1-10-8(11)6-2-4-7(5-3-6)9(12)13;1-9-14(12,13)7-4-2-6(3-5-7)8(10)11;1-13(11,12)7-4-2-6(3-5-7)8(9)10;1-13(11,12)7-4-2-3-6(5-7)8(9)10;1-13(11,12)7-5-3-2-4-6(7)8(9)10/h1H3;2-5,12-13H,1H3,(H,10,11);2-5,9-11H,1H3;3*2-5,9-10H,1H3. The Morgan fingerprint density at radius 2 is 0.850 bits per heavy atom. The highest BCUT2D eigenvalue weighted by molar-refractivity contribution is 7.91. The summed E-state index contributed by atoms with van der Waals surface area (Å²) in [5.41, 5.74) is -0.973. The number of ketones is 1. The van der Waals surface area contributed by atoms with Gasteiger partial charge < -0.3 is 55.6 Å². The lowest BCUT2D eigenvalue weighted by molar-refractivity contribution is 0.0961. The number of benzene rings is 6. The minimum atomic E-state index is -3.45. The van der Waals surface area contributed by atoms with Gasteiger partial charge in [0.1, 0.15) is 7.85 Å². The predicted molar refractivity (Wildman–Crippen MR) is 292 cm³/mol. The van der Waals surface area contributed by atoms with Crippen molar-refractivity contribution in [1.82, 2.24) is 10.0 Å². The highest BCUT2D eigenvalue weighted by Gasteiger charge is 2.25. The molecule has 0 atom stereocenters. The van der Waals surface area contributed by atoms with E-state index in [0.717, 1.165) is 25.7 Å². The number of carbonyl (C=O) groups excluding carboxylic acids is 2. The average Bonchev–Trinajstić information content (AvgIpc) is 3.39. The number of halogens is 4. The molecule has 12 N–H and O–H groups in total. The lowest BCUT2D eigenvalue weighted by Crippen LogP contribution is -2.33. The fourth-order valence-corrected chi connectivity index (χ4v) is 8.63. The Balaban J connectivity index is 0.000000480. The lowest BCUT2D eigenvalue weighted by atomic mass is 9.80. The third kappa shape index (κ3) is 22.8. The maximum Gasteiger partial charge on any atom is 0.489 e. The topological polar surface area (TPSA) is 397 Å². The molecule has 426 valence electrons. The van der Waals surface area contributed by atoms with Crippen molar-refractivity contribution in [3.8, 4) is 0 Å². The van der Waals surface area contributed by atoms with Gasteiger partial charge in [-0.1, -0.05) is 66.7 Å². The number of amides is 1. The first-order valence-electron chi connectivity index (χ1n) is 21.9. The van der Waals surface area contributed by atoms with Crippen molar-refractivity contribution in [3.05, 3.63) is 156 Å². The first-order chi connectivity index (χ1) is 36.7. The lowest BCUT2D eigenvalue weighted by Gasteiger charge is -2.06. The molecule has 0 aliphatic rings. The van der Waals surface area contributed by atoms with Gasteiger partial charge in [-0.2, -0.15) is 0 Å². The predicted octanol–water partition coefficient (Wildman–Crippen LogP) is -5.45. The van der Waals surface area contributed by atoms with Crippen LogP contribution in [0.2, 0.25) is 0 Å². The zero-order valence-electron chi connectivity index (χ0n) is 42.7. The number of hydrogen-bond donors (Lipinski definition) is 12. The maximum absolute atomic E-state index is 12.9. The van der Waals surface area contributed by atoms with Gasteiger partial charge in [-0.25, -0.2) is 56.0 Å². The monoisotopic (exact) mass is 1200 g/mol. The number of hydrogen-bond acceptors (Lipinski definition) is 20. The zero-order chi connectivity index (χ0) is 61.8. The third-order valence-electron chi connectivity index (χ3n) is 9.89. The maximum atomic E-state index is 12.9. The second-order valence-electron chi connectivity index (χ2n) is 15.9. The Morgan fingerprint density at radius 3 is 1.18 bits per heavy atom. The van der Waals surface area contributed by atoms with E-state index < -0.39 is 115 Å². The molecule has 6 rings (SSSR count). The van der Waals surface area contributed by atoms with Crippen molar-refractivity contribution in [2.45, 2.75) is 26.5 Å². The molecular weight excluding hydrogens is 1150 g/mol. The number of sulfone groups is 3. The molecular formula is C44H50B6F4N2O20S4. The molecule has 0 spiro atoms. The summed E-state index contributed by atoms with van der Waals surface area (Å²) < 4.78 is 142. The van der Waals surface area contributed by atoms with Gasteiger partial charge in [-0.3, -0.25) is 9.59 Å². The smallest absolute Gasteiger partial charge is 0.423 e. The molecule has 36 heteroatoms. The van der Waals surface area contributed by atoms with Gasteiger partial charge in [0, 0.05) is 36.8 Å². The summed E-state index contributed by atoms with van der Waals surface area (Å²) in [6.07, 6.45) is 3.18. The van der Waals surface area contributed by atoms with Crippen LogP contribution in [0.5, 0.6) is 0 Å². The molecule has 0 fully saturated rings. The number of sulfonamides is 1. The van der Waals surface area contributed by atoms with E-state index in [-0.39, 0.29) is 47.3 Å². The number of nitrogens with one attached hydrogen (secondary N) is 2. The molecule has 0 saturated carbocycles. The Kier molecular flexibility index (Phi) is 28.6. The number of Topliss-reactive ketones (excluding diaryl/α,β-unsaturated/α-hetero) is 1. The molecule has 22 nitrogen and oxygen atoms in total. The molecule has 6 aromatic carbocycles. The molecule has 1 amide bonds. The molecule has 6 aromatic rings. The molecule has 0 unspecified atom stereocenters. The van der Waals surface area contributed by atoms with E-state index in [1.807, 2.05) is 0 Å². The second-order valence-corrected chi connectivity index (χ2v) is 23.8. The Hall–Kier alpha value is -6.07. The van der Waals surface area contributed by atoms with Crippen LogP contribution in [0, 0.1) is 23.3 Å². The largest absolute Gasteiger partial charge is 0.489 e. The van der Waals surface area contributed by atoms with Crippen molar-refractivity contribution >= 4 is 127 Å². The summed E-state index contributed by atoms with van der Waals surface area (Å²) >= 11 is 0. The van der Waals surface area contributed by atoms with E-state index in [0.29, 0.717) is 11.0 Å². The van der Waals surface area contributed by atoms with Crippen LogP contribution >= 0.6 is 0 Å². The van der Waals surface area contributed by atoms with Crippen LogP contribution in [-0.2, 0) is 39.5 Å². The molecule has 0 aliphatic heterocycles. The fourth-order valence-electron chi connectivity index (χ4n) is 5.67. The van der Waals surface area contributed by atoms with Crippen molar-refractivity contribution in [3.63, 3.8) is 0 Å². The Morgan fingerprint density at radius 1 is 0.463 bits per heavy atom. The van der Waals surface area contributed by atoms with E-state index >= 15 is 0 Å². The SMILES string of the molecule is CNC(=O)c1ccc(B(O)O)cc1.CNS(=O)(=O)c1ccc(B(O)O)cc1.CS(=O)(=O)c1ccc(B(O)O)cc1.CS(=O)(=O)c1cccc(B(O)O)c1.CS(=O)(=O)c1ccccc1B(O)O.[B]c1c(F)c(F)c(C(C)=O)c(F)c1F. The van der Waals surface area contributed by atoms with Crippen LogP contribution in [0.25, 0.3) is 0 Å². The van der Waals surface area contributed by atoms with Gasteiger partial charge in [-0.05, 0) is 95.9 Å². The molecule has 0 saturated heterocycles. The number of carbonyl (C=O) groups is 2. The van der Waals surface area contributed by atoms with Crippen LogP contribution in [0.1, 0.15) is 27.6 Å². The number of rotatable bonds is 12. The van der Waals surface area contributed by atoms with E-state index in [4.69, 9.17) is 58.1 Å². The quantitative estimate of drug-likeness (QED) is 0.0235. The first-order valence-corrected chi connectivity index (χ1v) is 29.1. The highest BCUT2D eigenvalue weighted by atomic mass is 32.2. The summed E-state index contributed by atoms with van der Waals surface area (Å²) in [7, 11) is -13.8. The average molecular weight is 1200 g/mol. The minimum absolute atomic E-state index is 0.00463. The van der Waals surface area contributed by atoms with Gasteiger partial charge in [0.05, 0.1) is 25.1 Å². The van der Waals surface area contributed by atoms with Crippen molar-refractivity contribution in [2.24, 2.45) is 0 Å². The van der Waals surface area contributed by atoms with E-state index in [1.165, 1.54) is 129 Å². The Bertz CT molecular complexity index is 3480. The molecule has 0 bridgehead atoms. The molecule has 0 aliphatic carbocycles. The van der Waals surface area contributed by atoms with E-state index in [2.05, 4.69) is 10.0 Å². The first kappa shape index (κ1) is 71.9. The van der Waals surface area contributed by atoms with E-state index in [1.54, 1.807) is 6.07 Å². The summed E-state index contributed by atoms with van der Waals surface area (Å²) in [4.78, 5) is 22.0. The van der Waals surface area contributed by atoms with Crippen LogP contribution in [0.3, 0.4) is 0 Å². The molecule has 2 radical (unpaired) electrons. The van der Waals surface area contributed by atoms with Gasteiger partial charge in [-0.15, -0.1) is 0 Å². The van der Waals surface area contributed by atoms with Crippen molar-refractivity contribution < 1.29 is 111 Å². The van der Waals surface area contributed by atoms with E-state index in [9.17, 15) is 60.8 Å². The molecule has 80 heavy (non-hydrogen) atoms. The molecule has 0 aromatic heterocycles. The summed E-state index contributed by atoms with van der Waals surface area (Å²) in [5, 5.41) is 90.2. The van der Waals surface area contributed by atoms with Gasteiger partial charge in [0.15, 0.2) is 58.6 Å². The Labute approximate surface area is 461 Å². The van der Waals surface area contributed by atoms with Crippen LogP contribution in [0.4, 0.5) is 17.6 Å². The highest BCUT2D eigenvalue weighted by Crippen LogP contribution is 2.18. The van der Waals surface area contributed by atoms with Crippen LogP contribution in [0.15, 0.2) is 141 Å². The van der Waals surface area contributed by atoms with Crippen molar-refractivity contribution in [1.29, 1.82) is 0 Å². The van der Waals surface area contributed by atoms with Gasteiger partial charge in [0.2, 0.25) is 10.0 Å². The summed E-state index contributed by atoms with van der Waals surface area (Å²) in [6.45, 7) is 0.788. The second kappa shape index (κ2) is 31.8.